The molecule has 100 valence electrons. The van der Waals surface area contributed by atoms with E-state index in [1.807, 2.05) is 37.4 Å². The highest BCUT2D eigenvalue weighted by molar-refractivity contribution is 7.99. The minimum atomic E-state index is -0.173. The van der Waals surface area contributed by atoms with Crippen LogP contribution in [0.4, 0.5) is 4.39 Å². The molecule has 0 aliphatic heterocycles. The maximum Gasteiger partial charge on any atom is 0.136 e. The third-order valence-electron chi connectivity index (χ3n) is 2.84. The van der Waals surface area contributed by atoms with Crippen LogP contribution in [0.1, 0.15) is 11.6 Å². The SMILES string of the molecule is CNC(CSc1ccccc1F)c1cccc(Cl)c1. The predicted molar refractivity (Wildman–Crippen MR) is 80.4 cm³/mol. The van der Waals surface area contributed by atoms with Crippen molar-refractivity contribution >= 4 is 23.4 Å². The zero-order valence-corrected chi connectivity index (χ0v) is 12.1. The summed E-state index contributed by atoms with van der Waals surface area (Å²) in [5, 5.41) is 3.95. The lowest BCUT2D eigenvalue weighted by Crippen LogP contribution is -2.18. The van der Waals surface area contributed by atoms with Gasteiger partial charge in [0.25, 0.3) is 0 Å². The zero-order chi connectivity index (χ0) is 13.7. The van der Waals surface area contributed by atoms with Crippen LogP contribution in [0.5, 0.6) is 0 Å². The van der Waals surface area contributed by atoms with Crippen molar-refractivity contribution in [3.63, 3.8) is 0 Å². The first-order valence-corrected chi connectivity index (χ1v) is 7.37. The number of halogens is 2. The summed E-state index contributed by atoms with van der Waals surface area (Å²) in [6.07, 6.45) is 0. The van der Waals surface area contributed by atoms with Gasteiger partial charge in [0.2, 0.25) is 0 Å². The van der Waals surface area contributed by atoms with E-state index >= 15 is 0 Å². The van der Waals surface area contributed by atoms with Crippen LogP contribution < -0.4 is 5.32 Å². The van der Waals surface area contributed by atoms with Crippen LogP contribution in [-0.2, 0) is 0 Å². The Labute approximate surface area is 122 Å². The van der Waals surface area contributed by atoms with E-state index in [9.17, 15) is 4.39 Å². The lowest BCUT2D eigenvalue weighted by atomic mass is 10.1. The molecule has 2 aromatic rings. The molecule has 1 atom stereocenters. The van der Waals surface area contributed by atoms with Crippen LogP contribution in [0.25, 0.3) is 0 Å². The summed E-state index contributed by atoms with van der Waals surface area (Å²) < 4.78 is 13.5. The van der Waals surface area contributed by atoms with Gasteiger partial charge < -0.3 is 5.32 Å². The fourth-order valence-electron chi connectivity index (χ4n) is 1.80. The van der Waals surface area contributed by atoms with Gasteiger partial charge in [-0.3, -0.25) is 0 Å². The summed E-state index contributed by atoms with van der Waals surface area (Å²) in [4.78, 5) is 0.671. The molecule has 0 radical (unpaired) electrons. The molecule has 0 aliphatic carbocycles. The number of hydrogen-bond acceptors (Lipinski definition) is 2. The van der Waals surface area contributed by atoms with Gasteiger partial charge in [-0.25, -0.2) is 4.39 Å². The molecule has 2 rings (SSSR count). The maximum atomic E-state index is 13.5. The summed E-state index contributed by atoms with van der Waals surface area (Å²) >= 11 is 7.49. The highest BCUT2D eigenvalue weighted by Crippen LogP contribution is 2.27. The first-order chi connectivity index (χ1) is 9.20. The summed E-state index contributed by atoms with van der Waals surface area (Å²) in [5.74, 6) is 0.575. The van der Waals surface area contributed by atoms with E-state index in [1.54, 1.807) is 12.1 Å². The standard InChI is InChI=1S/C15H15ClFNS/c1-18-14(11-5-4-6-12(16)9-11)10-19-15-8-3-2-7-13(15)17/h2-9,14,18H,10H2,1H3. The molecule has 1 nitrogen and oxygen atoms in total. The first-order valence-electron chi connectivity index (χ1n) is 6.01. The summed E-state index contributed by atoms with van der Waals surface area (Å²) in [6.45, 7) is 0. The molecule has 2 aromatic carbocycles. The first kappa shape index (κ1) is 14.4. The minimum Gasteiger partial charge on any atom is -0.312 e. The van der Waals surface area contributed by atoms with Crippen LogP contribution in [0.2, 0.25) is 5.02 Å². The summed E-state index contributed by atoms with van der Waals surface area (Å²) in [7, 11) is 1.90. The molecule has 4 heteroatoms. The van der Waals surface area contributed by atoms with Crippen molar-refractivity contribution in [3.05, 3.63) is 64.9 Å². The number of benzene rings is 2. The van der Waals surface area contributed by atoms with Gasteiger partial charge in [0.05, 0.1) is 0 Å². The van der Waals surface area contributed by atoms with Crippen LogP contribution >= 0.6 is 23.4 Å². The van der Waals surface area contributed by atoms with Gasteiger partial charge in [-0.2, -0.15) is 0 Å². The molecule has 0 fully saturated rings. The van der Waals surface area contributed by atoms with Crippen LogP contribution in [0.3, 0.4) is 0 Å². The predicted octanol–water partition coefficient (Wildman–Crippen LogP) is 4.53. The van der Waals surface area contributed by atoms with Gasteiger partial charge in [-0.15, -0.1) is 11.8 Å². The Kier molecular flexibility index (Phi) is 5.25. The van der Waals surface area contributed by atoms with E-state index < -0.39 is 0 Å². The second-order valence-corrected chi connectivity index (χ2v) is 5.64. The summed E-state index contributed by atoms with van der Waals surface area (Å²) in [5.41, 5.74) is 1.11. The van der Waals surface area contributed by atoms with Gasteiger partial charge in [0.15, 0.2) is 0 Å². The van der Waals surface area contributed by atoms with E-state index in [4.69, 9.17) is 11.6 Å². The molecular formula is C15H15ClFNS. The zero-order valence-electron chi connectivity index (χ0n) is 10.6. The van der Waals surface area contributed by atoms with Crippen LogP contribution in [-0.4, -0.2) is 12.8 Å². The normalized spacial score (nSPS) is 12.4. The molecule has 0 heterocycles. The maximum absolute atomic E-state index is 13.5. The second kappa shape index (κ2) is 6.94. The summed E-state index contributed by atoms with van der Waals surface area (Å²) in [6, 6.07) is 14.7. The lowest BCUT2D eigenvalue weighted by Gasteiger charge is -2.16. The molecule has 0 amide bonds. The Balaban J connectivity index is 2.06. The molecule has 0 spiro atoms. The lowest BCUT2D eigenvalue weighted by molar-refractivity contribution is 0.601. The second-order valence-electron chi connectivity index (χ2n) is 4.14. The molecule has 1 unspecified atom stereocenters. The van der Waals surface area contributed by atoms with E-state index in [1.165, 1.54) is 17.8 Å². The molecule has 19 heavy (non-hydrogen) atoms. The van der Waals surface area contributed by atoms with Crippen LogP contribution in [0.15, 0.2) is 53.4 Å². The smallest absolute Gasteiger partial charge is 0.136 e. The molecule has 0 aromatic heterocycles. The molecule has 0 saturated carbocycles. The van der Waals surface area contributed by atoms with Crippen molar-refractivity contribution in [1.82, 2.24) is 5.32 Å². The van der Waals surface area contributed by atoms with Gasteiger partial charge in [0.1, 0.15) is 5.82 Å². The largest absolute Gasteiger partial charge is 0.312 e. The number of nitrogens with one attached hydrogen (secondary N) is 1. The molecule has 0 bridgehead atoms. The molecular weight excluding hydrogens is 281 g/mol. The average molecular weight is 296 g/mol. The Morgan fingerprint density at radius 1 is 1.21 bits per heavy atom. The van der Waals surface area contributed by atoms with Gasteiger partial charge in [0, 0.05) is 21.7 Å². The Morgan fingerprint density at radius 3 is 2.68 bits per heavy atom. The van der Waals surface area contributed by atoms with E-state index in [0.717, 1.165) is 11.3 Å². The Bertz CT molecular complexity index is 547. The van der Waals surface area contributed by atoms with Crippen molar-refractivity contribution < 1.29 is 4.39 Å². The van der Waals surface area contributed by atoms with Crippen LogP contribution in [0, 0.1) is 5.82 Å². The average Bonchev–Trinajstić information content (AvgIpc) is 2.41. The van der Waals surface area contributed by atoms with Crippen molar-refractivity contribution in [1.29, 1.82) is 0 Å². The fourth-order valence-corrected chi connectivity index (χ4v) is 3.09. The quantitative estimate of drug-likeness (QED) is 0.813. The van der Waals surface area contributed by atoms with Gasteiger partial charge >= 0.3 is 0 Å². The fraction of sp³-hybridized carbons (Fsp3) is 0.200. The van der Waals surface area contributed by atoms with E-state index in [-0.39, 0.29) is 11.9 Å². The highest BCUT2D eigenvalue weighted by atomic mass is 35.5. The van der Waals surface area contributed by atoms with Crippen molar-refractivity contribution in [3.8, 4) is 0 Å². The third-order valence-corrected chi connectivity index (χ3v) is 4.22. The van der Waals surface area contributed by atoms with Crippen molar-refractivity contribution in [2.75, 3.05) is 12.8 Å². The number of hydrogen-bond donors (Lipinski definition) is 1. The monoisotopic (exact) mass is 295 g/mol. The van der Waals surface area contributed by atoms with Crippen molar-refractivity contribution in [2.45, 2.75) is 10.9 Å². The highest BCUT2D eigenvalue weighted by Gasteiger charge is 2.11. The molecule has 0 aliphatic rings. The topological polar surface area (TPSA) is 12.0 Å². The van der Waals surface area contributed by atoms with E-state index in [2.05, 4.69) is 5.32 Å². The minimum absolute atomic E-state index is 0.142. The van der Waals surface area contributed by atoms with Gasteiger partial charge in [-0.1, -0.05) is 35.9 Å². The van der Waals surface area contributed by atoms with Gasteiger partial charge in [-0.05, 0) is 36.9 Å². The number of thioether (sulfide) groups is 1. The number of rotatable bonds is 5. The molecule has 0 saturated heterocycles. The third kappa shape index (κ3) is 3.96. The Morgan fingerprint density at radius 2 is 2.00 bits per heavy atom. The van der Waals surface area contributed by atoms with Crippen molar-refractivity contribution in [2.24, 2.45) is 0 Å². The Hall–Kier alpha value is -1.03. The van der Waals surface area contributed by atoms with E-state index in [0.29, 0.717) is 9.92 Å². The molecule has 1 N–H and O–H groups in total.